The van der Waals surface area contributed by atoms with Crippen LogP contribution in [0.2, 0.25) is 0 Å². The fourth-order valence-corrected chi connectivity index (χ4v) is 3.72. The number of nitrogens with one attached hydrogen (secondary N) is 1. The first-order valence-corrected chi connectivity index (χ1v) is 10.1. The number of nitrogens with zero attached hydrogens (tertiary/aromatic N) is 3. The van der Waals surface area contributed by atoms with Crippen molar-refractivity contribution in [1.29, 1.82) is 0 Å². The monoisotopic (exact) mass is 412 g/mol. The Hall–Kier alpha value is -3.16. The third kappa shape index (κ3) is 3.94. The van der Waals surface area contributed by atoms with Gasteiger partial charge in [0.15, 0.2) is 11.5 Å². The Labute approximate surface area is 172 Å². The molecule has 2 aromatic heterocycles. The largest absolute Gasteiger partial charge is 0.489 e. The van der Waals surface area contributed by atoms with Crippen molar-refractivity contribution in [1.82, 2.24) is 14.8 Å². The molecule has 5 rings (SSSR count). The van der Waals surface area contributed by atoms with Crippen LogP contribution in [0.5, 0.6) is 11.5 Å². The lowest BCUT2D eigenvalue weighted by molar-refractivity contribution is -0.0515. The molecule has 1 aliphatic heterocycles. The van der Waals surface area contributed by atoms with Gasteiger partial charge in [0, 0.05) is 30.6 Å². The van der Waals surface area contributed by atoms with Gasteiger partial charge < -0.3 is 14.8 Å². The fraction of sp³-hybridized carbons (Fsp3) is 0.364. The highest BCUT2D eigenvalue weighted by atomic mass is 19.3. The second kappa shape index (κ2) is 7.93. The van der Waals surface area contributed by atoms with Crippen molar-refractivity contribution in [2.75, 3.05) is 18.5 Å². The lowest BCUT2D eigenvalue weighted by Crippen LogP contribution is -2.24. The van der Waals surface area contributed by atoms with Gasteiger partial charge in [-0.25, -0.2) is 4.68 Å². The number of anilines is 1. The van der Waals surface area contributed by atoms with Crippen molar-refractivity contribution < 1.29 is 18.3 Å². The Kier molecular flexibility index (Phi) is 4.98. The Bertz CT molecular complexity index is 1020. The first-order chi connectivity index (χ1) is 14.7. The minimum absolute atomic E-state index is 0.0319. The Morgan fingerprint density at radius 3 is 2.80 bits per heavy atom. The average molecular weight is 412 g/mol. The first kappa shape index (κ1) is 18.8. The van der Waals surface area contributed by atoms with E-state index in [9.17, 15) is 8.78 Å². The van der Waals surface area contributed by atoms with Crippen LogP contribution in [0.25, 0.3) is 11.3 Å². The van der Waals surface area contributed by atoms with Gasteiger partial charge in [0.2, 0.25) is 0 Å². The second-order valence-corrected chi connectivity index (χ2v) is 7.67. The molecule has 1 N–H and O–H groups in total. The van der Waals surface area contributed by atoms with Crippen LogP contribution >= 0.6 is 0 Å². The summed E-state index contributed by atoms with van der Waals surface area (Å²) in [4.78, 5) is 4.17. The minimum atomic E-state index is -2.89. The van der Waals surface area contributed by atoms with E-state index in [0.717, 1.165) is 48.4 Å². The maximum absolute atomic E-state index is 12.8. The normalized spacial score (nSPS) is 18.0. The molecule has 6 nitrogen and oxygen atoms in total. The summed E-state index contributed by atoms with van der Waals surface area (Å²) in [6.45, 7) is -1.58. The standard InChI is InChI=1S/C22H22F2N4O2/c23-22(24)30-19-6-5-15(10-20(19)29-13-14-3-4-14)18-7-9-26-21-11-17(27-28(18)21)16-2-1-8-25-12-16/h1-2,5-6,8,10-12,14,18,22,26H,3-4,7,9,13H2. The van der Waals surface area contributed by atoms with Crippen molar-refractivity contribution in [2.24, 2.45) is 5.92 Å². The zero-order valence-electron chi connectivity index (χ0n) is 16.3. The lowest BCUT2D eigenvalue weighted by Gasteiger charge is -2.26. The number of rotatable bonds is 7. The maximum Gasteiger partial charge on any atom is 0.387 e. The smallest absolute Gasteiger partial charge is 0.387 e. The zero-order chi connectivity index (χ0) is 20.5. The van der Waals surface area contributed by atoms with Gasteiger partial charge in [-0.2, -0.15) is 13.9 Å². The zero-order valence-corrected chi connectivity index (χ0v) is 16.3. The van der Waals surface area contributed by atoms with E-state index >= 15 is 0 Å². The molecule has 1 saturated carbocycles. The lowest BCUT2D eigenvalue weighted by atomic mass is 10.0. The van der Waals surface area contributed by atoms with E-state index in [1.54, 1.807) is 18.5 Å². The van der Waals surface area contributed by atoms with Crippen LogP contribution in [0.3, 0.4) is 0 Å². The van der Waals surface area contributed by atoms with E-state index in [4.69, 9.17) is 9.84 Å². The molecule has 1 aromatic carbocycles. The number of ether oxygens (including phenoxy) is 2. The van der Waals surface area contributed by atoms with Crippen molar-refractivity contribution in [2.45, 2.75) is 31.9 Å². The number of benzene rings is 1. The molecule has 3 heterocycles. The summed E-state index contributed by atoms with van der Waals surface area (Å²) in [6.07, 6.45) is 6.56. The van der Waals surface area contributed by atoms with Gasteiger partial charge in [-0.1, -0.05) is 6.07 Å². The van der Waals surface area contributed by atoms with Crippen LogP contribution in [0.4, 0.5) is 14.6 Å². The summed E-state index contributed by atoms with van der Waals surface area (Å²) in [5.41, 5.74) is 2.72. The topological polar surface area (TPSA) is 61.2 Å². The highest BCUT2D eigenvalue weighted by Crippen LogP contribution is 2.38. The van der Waals surface area contributed by atoms with E-state index in [-0.39, 0.29) is 11.8 Å². The number of pyridine rings is 1. The molecule has 30 heavy (non-hydrogen) atoms. The third-order valence-electron chi connectivity index (χ3n) is 5.45. The molecule has 1 fully saturated rings. The van der Waals surface area contributed by atoms with Crippen molar-refractivity contribution in [3.63, 3.8) is 0 Å². The summed E-state index contributed by atoms with van der Waals surface area (Å²) < 4.78 is 38.1. The number of hydrogen-bond acceptors (Lipinski definition) is 5. The number of aromatic nitrogens is 3. The average Bonchev–Trinajstić information content (AvgIpc) is 3.48. The molecule has 1 atom stereocenters. The molecule has 0 spiro atoms. The molecule has 2 aliphatic rings. The minimum Gasteiger partial charge on any atom is -0.489 e. The van der Waals surface area contributed by atoms with Crippen molar-refractivity contribution in [3.8, 4) is 22.8 Å². The summed E-state index contributed by atoms with van der Waals surface area (Å²) in [6, 6.07) is 11.0. The van der Waals surface area contributed by atoms with E-state index in [1.165, 1.54) is 0 Å². The second-order valence-electron chi connectivity index (χ2n) is 7.67. The van der Waals surface area contributed by atoms with Crippen LogP contribution in [-0.2, 0) is 0 Å². The van der Waals surface area contributed by atoms with Gasteiger partial charge in [0.05, 0.1) is 18.3 Å². The van der Waals surface area contributed by atoms with Gasteiger partial charge in [0.25, 0.3) is 0 Å². The summed E-state index contributed by atoms with van der Waals surface area (Å²) >= 11 is 0. The van der Waals surface area contributed by atoms with Crippen LogP contribution in [0.1, 0.15) is 30.9 Å². The highest BCUT2D eigenvalue weighted by molar-refractivity contribution is 5.62. The summed E-state index contributed by atoms with van der Waals surface area (Å²) in [5, 5.41) is 8.16. The Morgan fingerprint density at radius 1 is 1.13 bits per heavy atom. The Balaban J connectivity index is 1.46. The van der Waals surface area contributed by atoms with Crippen LogP contribution in [-0.4, -0.2) is 34.5 Å². The predicted molar refractivity (Wildman–Crippen MR) is 108 cm³/mol. The number of fused-ring (bicyclic) bond motifs is 1. The van der Waals surface area contributed by atoms with Crippen LogP contribution < -0.4 is 14.8 Å². The van der Waals surface area contributed by atoms with E-state index in [2.05, 4.69) is 15.0 Å². The molecule has 0 bridgehead atoms. The molecule has 156 valence electrons. The first-order valence-electron chi connectivity index (χ1n) is 10.1. The van der Waals surface area contributed by atoms with Gasteiger partial charge in [-0.3, -0.25) is 4.98 Å². The molecular weight excluding hydrogens is 390 g/mol. The van der Waals surface area contributed by atoms with Gasteiger partial charge in [0.1, 0.15) is 5.82 Å². The van der Waals surface area contributed by atoms with Gasteiger partial charge >= 0.3 is 6.61 Å². The number of alkyl halides is 2. The molecule has 3 aromatic rings. The van der Waals surface area contributed by atoms with Crippen LogP contribution in [0.15, 0.2) is 48.8 Å². The molecule has 0 amide bonds. The van der Waals surface area contributed by atoms with E-state index in [1.807, 2.05) is 35.0 Å². The van der Waals surface area contributed by atoms with E-state index in [0.29, 0.717) is 18.3 Å². The molecule has 1 aliphatic carbocycles. The maximum atomic E-state index is 12.8. The van der Waals surface area contributed by atoms with Crippen molar-refractivity contribution >= 4 is 5.82 Å². The number of hydrogen-bond donors (Lipinski definition) is 1. The third-order valence-corrected chi connectivity index (χ3v) is 5.45. The number of halogens is 2. The van der Waals surface area contributed by atoms with Gasteiger partial charge in [-0.05, 0) is 55.0 Å². The molecule has 0 saturated heterocycles. The predicted octanol–water partition coefficient (Wildman–Crippen LogP) is 4.74. The van der Waals surface area contributed by atoms with Gasteiger partial charge in [-0.15, -0.1) is 0 Å². The fourth-order valence-electron chi connectivity index (χ4n) is 3.72. The summed E-state index contributed by atoms with van der Waals surface area (Å²) in [7, 11) is 0. The molecule has 0 radical (unpaired) electrons. The Morgan fingerprint density at radius 2 is 2.03 bits per heavy atom. The van der Waals surface area contributed by atoms with Crippen LogP contribution in [0, 0.1) is 5.92 Å². The highest BCUT2D eigenvalue weighted by Gasteiger charge is 2.26. The SMILES string of the molecule is FC(F)Oc1ccc(C2CCNc3cc(-c4cccnc4)nn32)cc1OCC1CC1. The molecular formula is C22H22F2N4O2. The molecule has 8 heteroatoms. The van der Waals surface area contributed by atoms with Crippen molar-refractivity contribution in [3.05, 3.63) is 54.4 Å². The molecule has 1 unspecified atom stereocenters. The summed E-state index contributed by atoms with van der Waals surface area (Å²) in [5.74, 6) is 1.85. The quantitative estimate of drug-likeness (QED) is 0.607. The van der Waals surface area contributed by atoms with E-state index < -0.39 is 6.61 Å².